The molecule has 8 heteroatoms. The predicted octanol–water partition coefficient (Wildman–Crippen LogP) is 2.50. The van der Waals surface area contributed by atoms with Gasteiger partial charge in [-0.15, -0.1) is 10.2 Å². The van der Waals surface area contributed by atoms with E-state index in [0.29, 0.717) is 5.91 Å². The van der Waals surface area contributed by atoms with Gasteiger partial charge < -0.3 is 24.3 Å². The first-order valence-electron chi connectivity index (χ1n) is 12.6. The first-order chi connectivity index (χ1) is 16.6. The van der Waals surface area contributed by atoms with Gasteiger partial charge >= 0.3 is 0 Å². The van der Waals surface area contributed by atoms with Gasteiger partial charge in [-0.05, 0) is 56.0 Å². The molecule has 3 fully saturated rings. The molecule has 34 heavy (non-hydrogen) atoms. The molecule has 0 aliphatic carbocycles. The van der Waals surface area contributed by atoms with Gasteiger partial charge in [0.1, 0.15) is 0 Å². The van der Waals surface area contributed by atoms with Crippen molar-refractivity contribution < 1.29 is 9.53 Å². The first kappa shape index (κ1) is 22.9. The SMILES string of the molecule is Cc1cccc(N2CCN(C(=O)[C@H]3CCCN(c4ccc(N5CCOCC5)nn4)C3)CC2)c1C. The number of nitrogens with zero attached hydrogens (tertiary/aromatic N) is 6. The minimum atomic E-state index is 0.0294. The number of aromatic nitrogens is 2. The molecular formula is C26H36N6O2. The summed E-state index contributed by atoms with van der Waals surface area (Å²) in [6.45, 7) is 12.5. The van der Waals surface area contributed by atoms with Crippen LogP contribution in [0.3, 0.4) is 0 Å². The topological polar surface area (TPSA) is 65.0 Å². The van der Waals surface area contributed by atoms with E-state index in [1.54, 1.807) is 0 Å². The van der Waals surface area contributed by atoms with Crippen LogP contribution in [0.2, 0.25) is 0 Å². The number of aryl methyl sites for hydroxylation is 1. The number of carbonyl (C=O) groups is 1. The van der Waals surface area contributed by atoms with Gasteiger partial charge in [-0.3, -0.25) is 4.79 Å². The van der Waals surface area contributed by atoms with Crippen molar-refractivity contribution in [3.05, 3.63) is 41.5 Å². The predicted molar refractivity (Wildman–Crippen MR) is 135 cm³/mol. The molecule has 0 saturated carbocycles. The summed E-state index contributed by atoms with van der Waals surface area (Å²) in [4.78, 5) is 22.3. The van der Waals surface area contributed by atoms with Crippen LogP contribution in [-0.4, -0.2) is 86.6 Å². The van der Waals surface area contributed by atoms with E-state index < -0.39 is 0 Å². The van der Waals surface area contributed by atoms with E-state index in [1.807, 2.05) is 12.1 Å². The Labute approximate surface area is 202 Å². The number of hydrogen-bond acceptors (Lipinski definition) is 7. The maximum atomic E-state index is 13.4. The third-order valence-electron chi connectivity index (χ3n) is 7.57. The Balaban J connectivity index is 1.17. The van der Waals surface area contributed by atoms with Crippen LogP contribution in [0, 0.1) is 19.8 Å². The number of carbonyl (C=O) groups excluding carboxylic acids is 1. The molecule has 5 rings (SSSR count). The van der Waals surface area contributed by atoms with Crippen LogP contribution in [0.5, 0.6) is 0 Å². The lowest BCUT2D eigenvalue weighted by atomic mass is 9.96. The molecule has 182 valence electrons. The van der Waals surface area contributed by atoms with Crippen LogP contribution in [0.25, 0.3) is 0 Å². The fourth-order valence-corrected chi connectivity index (χ4v) is 5.34. The average Bonchev–Trinajstić information content (AvgIpc) is 2.91. The summed E-state index contributed by atoms with van der Waals surface area (Å²) in [6.07, 6.45) is 1.96. The standard InChI is InChI=1S/C26H36N6O2/c1-20-5-3-7-23(21(20)2)29-11-13-31(14-12-29)26(33)22-6-4-10-32(19-22)25-9-8-24(27-28-25)30-15-17-34-18-16-30/h3,5,7-9,22H,4,6,10-19H2,1-2H3/t22-/m0/s1. The van der Waals surface area contributed by atoms with E-state index in [4.69, 9.17) is 4.74 Å². The number of morpholine rings is 1. The maximum absolute atomic E-state index is 13.4. The van der Waals surface area contributed by atoms with Crippen LogP contribution in [0.1, 0.15) is 24.0 Å². The van der Waals surface area contributed by atoms with Crippen molar-refractivity contribution in [2.75, 3.05) is 80.3 Å². The zero-order chi connectivity index (χ0) is 23.5. The van der Waals surface area contributed by atoms with E-state index >= 15 is 0 Å². The molecule has 1 aromatic heterocycles. The lowest BCUT2D eigenvalue weighted by Crippen LogP contribution is -2.52. The molecule has 3 saturated heterocycles. The summed E-state index contributed by atoms with van der Waals surface area (Å²) < 4.78 is 5.43. The van der Waals surface area contributed by atoms with Crippen molar-refractivity contribution in [1.82, 2.24) is 15.1 Å². The number of ether oxygens (including phenoxy) is 1. The molecule has 0 spiro atoms. The van der Waals surface area contributed by atoms with Gasteiger partial charge in [0.05, 0.1) is 19.1 Å². The Morgan fingerprint density at radius 3 is 2.26 bits per heavy atom. The molecule has 0 radical (unpaired) electrons. The first-order valence-corrected chi connectivity index (χ1v) is 12.6. The lowest BCUT2D eigenvalue weighted by Gasteiger charge is -2.40. The number of hydrogen-bond donors (Lipinski definition) is 0. The van der Waals surface area contributed by atoms with Crippen molar-refractivity contribution in [3.8, 4) is 0 Å². The van der Waals surface area contributed by atoms with Crippen molar-refractivity contribution >= 4 is 23.2 Å². The van der Waals surface area contributed by atoms with Crippen LogP contribution in [-0.2, 0) is 9.53 Å². The van der Waals surface area contributed by atoms with E-state index in [9.17, 15) is 4.79 Å². The molecule has 3 aliphatic heterocycles. The van der Waals surface area contributed by atoms with Crippen molar-refractivity contribution in [2.24, 2.45) is 5.92 Å². The maximum Gasteiger partial charge on any atom is 0.227 e. The molecule has 3 aliphatic rings. The summed E-state index contributed by atoms with van der Waals surface area (Å²) in [7, 11) is 0. The summed E-state index contributed by atoms with van der Waals surface area (Å²) in [5, 5.41) is 8.97. The van der Waals surface area contributed by atoms with E-state index in [-0.39, 0.29) is 5.92 Å². The molecular weight excluding hydrogens is 428 g/mol. The molecule has 0 bridgehead atoms. The Morgan fingerprint density at radius 1 is 0.853 bits per heavy atom. The van der Waals surface area contributed by atoms with Gasteiger partial charge in [0, 0.05) is 58.0 Å². The molecule has 0 N–H and O–H groups in total. The summed E-state index contributed by atoms with van der Waals surface area (Å²) in [5.74, 6) is 2.09. The van der Waals surface area contributed by atoms with Gasteiger partial charge in [0.15, 0.2) is 11.6 Å². The summed E-state index contributed by atoms with van der Waals surface area (Å²) >= 11 is 0. The highest BCUT2D eigenvalue weighted by molar-refractivity contribution is 5.80. The van der Waals surface area contributed by atoms with Crippen molar-refractivity contribution in [3.63, 3.8) is 0 Å². The normalized spacial score (nSPS) is 21.6. The van der Waals surface area contributed by atoms with Crippen molar-refractivity contribution in [2.45, 2.75) is 26.7 Å². The minimum Gasteiger partial charge on any atom is -0.378 e. The number of rotatable bonds is 4. The molecule has 1 aromatic carbocycles. The van der Waals surface area contributed by atoms with Crippen LogP contribution in [0.15, 0.2) is 30.3 Å². The third-order valence-corrected chi connectivity index (χ3v) is 7.57. The van der Waals surface area contributed by atoms with Gasteiger partial charge in [-0.2, -0.15) is 0 Å². The van der Waals surface area contributed by atoms with Crippen LogP contribution < -0.4 is 14.7 Å². The highest BCUT2D eigenvalue weighted by atomic mass is 16.5. The van der Waals surface area contributed by atoms with E-state index in [0.717, 1.165) is 90.0 Å². The molecule has 8 nitrogen and oxygen atoms in total. The highest BCUT2D eigenvalue weighted by Crippen LogP contribution is 2.27. The van der Waals surface area contributed by atoms with Crippen LogP contribution in [0.4, 0.5) is 17.3 Å². The Bertz CT molecular complexity index is 983. The smallest absolute Gasteiger partial charge is 0.227 e. The number of piperazine rings is 1. The van der Waals surface area contributed by atoms with Gasteiger partial charge in [0.25, 0.3) is 0 Å². The molecule has 0 unspecified atom stereocenters. The average molecular weight is 465 g/mol. The molecule has 1 amide bonds. The Morgan fingerprint density at radius 2 is 1.56 bits per heavy atom. The lowest BCUT2D eigenvalue weighted by molar-refractivity contribution is -0.136. The second kappa shape index (κ2) is 10.2. The number of anilines is 3. The Kier molecular flexibility index (Phi) is 6.85. The fourth-order valence-electron chi connectivity index (χ4n) is 5.34. The number of benzene rings is 1. The zero-order valence-corrected chi connectivity index (χ0v) is 20.4. The largest absolute Gasteiger partial charge is 0.378 e. The minimum absolute atomic E-state index is 0.0294. The third kappa shape index (κ3) is 4.82. The summed E-state index contributed by atoms with van der Waals surface area (Å²) in [5.41, 5.74) is 3.96. The van der Waals surface area contributed by atoms with Gasteiger partial charge in [0.2, 0.25) is 5.91 Å². The van der Waals surface area contributed by atoms with Crippen LogP contribution >= 0.6 is 0 Å². The highest BCUT2D eigenvalue weighted by Gasteiger charge is 2.32. The molecule has 2 aromatic rings. The number of amides is 1. The molecule has 1 atom stereocenters. The van der Waals surface area contributed by atoms with E-state index in [1.165, 1.54) is 16.8 Å². The second-order valence-electron chi connectivity index (χ2n) is 9.67. The van der Waals surface area contributed by atoms with Gasteiger partial charge in [-0.1, -0.05) is 12.1 Å². The fraction of sp³-hybridized carbons (Fsp3) is 0.577. The van der Waals surface area contributed by atoms with E-state index in [2.05, 4.69) is 61.8 Å². The number of piperidine rings is 1. The van der Waals surface area contributed by atoms with Crippen molar-refractivity contribution in [1.29, 1.82) is 0 Å². The summed E-state index contributed by atoms with van der Waals surface area (Å²) in [6, 6.07) is 10.6. The monoisotopic (exact) mass is 464 g/mol. The quantitative estimate of drug-likeness (QED) is 0.689. The Hall–Kier alpha value is -2.87. The molecule has 4 heterocycles. The zero-order valence-electron chi connectivity index (χ0n) is 20.4. The van der Waals surface area contributed by atoms with Gasteiger partial charge in [-0.25, -0.2) is 0 Å². The second-order valence-corrected chi connectivity index (χ2v) is 9.67.